The van der Waals surface area contributed by atoms with Crippen molar-refractivity contribution in [3.63, 3.8) is 0 Å². The molecule has 1 aromatic heterocycles. The number of amides is 1. The van der Waals surface area contributed by atoms with Gasteiger partial charge in [0.1, 0.15) is 12.4 Å². The summed E-state index contributed by atoms with van der Waals surface area (Å²) >= 11 is 0. The summed E-state index contributed by atoms with van der Waals surface area (Å²) in [6.45, 7) is 4.89. The summed E-state index contributed by atoms with van der Waals surface area (Å²) in [5.74, 6) is 1.19. The lowest BCUT2D eigenvalue weighted by Crippen LogP contribution is -2.35. The Hall–Kier alpha value is -1.98. The molecule has 17 heavy (non-hydrogen) atoms. The highest BCUT2D eigenvalue weighted by Gasteiger charge is 2.28. The third-order valence-corrected chi connectivity index (χ3v) is 2.56. The molecule has 0 aliphatic carbocycles. The molecule has 0 saturated heterocycles. The predicted molar refractivity (Wildman–Crippen MR) is 58.7 cm³/mol. The minimum Gasteiger partial charge on any atom is -0.471 e. The molecule has 0 spiro atoms. The van der Waals surface area contributed by atoms with Gasteiger partial charge in [0.25, 0.3) is 5.88 Å². The number of hydrogen-bond donors (Lipinski definition) is 0. The first kappa shape index (κ1) is 11.5. The van der Waals surface area contributed by atoms with E-state index in [0.29, 0.717) is 32.0 Å². The van der Waals surface area contributed by atoms with Gasteiger partial charge in [0.15, 0.2) is 0 Å². The van der Waals surface area contributed by atoms with E-state index in [2.05, 4.69) is 16.5 Å². The summed E-state index contributed by atoms with van der Waals surface area (Å²) in [6.07, 6.45) is 1.89. The summed E-state index contributed by atoms with van der Waals surface area (Å²) in [4.78, 5) is 13.0. The second kappa shape index (κ2) is 4.90. The number of hydrogen-bond acceptors (Lipinski definition) is 5. The summed E-state index contributed by atoms with van der Waals surface area (Å²) in [5, 5.41) is 3.83. The maximum atomic E-state index is 11.4. The highest BCUT2D eigenvalue weighted by molar-refractivity contribution is 5.68. The Labute approximate surface area is 98.8 Å². The van der Waals surface area contributed by atoms with Crippen molar-refractivity contribution in [2.45, 2.75) is 13.0 Å². The molecule has 0 saturated carbocycles. The van der Waals surface area contributed by atoms with E-state index >= 15 is 0 Å². The standard InChI is InChI=1S/C11H14N2O4/c1-3-6-16-10-8-7-13(11(14)15-2)5-4-9(8)17-12-10/h3H,1,4-7H2,2H3. The number of carbonyl (C=O) groups is 1. The Morgan fingerprint density at radius 2 is 2.53 bits per heavy atom. The van der Waals surface area contributed by atoms with Gasteiger partial charge in [-0.05, 0) is 5.16 Å². The maximum absolute atomic E-state index is 11.4. The van der Waals surface area contributed by atoms with Crippen LogP contribution in [0.25, 0.3) is 0 Å². The van der Waals surface area contributed by atoms with Crippen LogP contribution in [0.1, 0.15) is 11.3 Å². The smallest absolute Gasteiger partial charge is 0.409 e. The molecule has 1 aliphatic heterocycles. The number of fused-ring (bicyclic) bond motifs is 1. The zero-order valence-electron chi connectivity index (χ0n) is 9.64. The first-order valence-corrected chi connectivity index (χ1v) is 5.30. The van der Waals surface area contributed by atoms with Gasteiger partial charge in [-0.3, -0.25) is 0 Å². The van der Waals surface area contributed by atoms with Gasteiger partial charge in [-0.25, -0.2) is 4.79 Å². The number of ether oxygens (including phenoxy) is 2. The van der Waals surface area contributed by atoms with Crippen LogP contribution in [-0.4, -0.2) is 36.4 Å². The Morgan fingerprint density at radius 1 is 1.71 bits per heavy atom. The molecular formula is C11H14N2O4. The van der Waals surface area contributed by atoms with E-state index in [1.165, 1.54) is 7.11 Å². The Balaban J connectivity index is 2.14. The predicted octanol–water partition coefficient (Wildman–Crippen LogP) is 1.36. The van der Waals surface area contributed by atoms with Crippen molar-refractivity contribution >= 4 is 6.09 Å². The highest BCUT2D eigenvalue weighted by atomic mass is 16.5. The zero-order valence-corrected chi connectivity index (χ0v) is 9.64. The molecule has 2 rings (SSSR count). The normalized spacial score (nSPS) is 14.1. The Morgan fingerprint density at radius 3 is 3.24 bits per heavy atom. The van der Waals surface area contributed by atoms with Crippen molar-refractivity contribution in [3.05, 3.63) is 24.0 Å². The highest BCUT2D eigenvalue weighted by Crippen LogP contribution is 2.27. The fourth-order valence-corrected chi connectivity index (χ4v) is 1.72. The monoisotopic (exact) mass is 238 g/mol. The molecule has 0 bridgehead atoms. The van der Waals surface area contributed by atoms with Crippen LogP contribution in [0.3, 0.4) is 0 Å². The lowest BCUT2D eigenvalue weighted by atomic mass is 10.1. The van der Waals surface area contributed by atoms with Crippen molar-refractivity contribution in [3.8, 4) is 5.88 Å². The van der Waals surface area contributed by atoms with Crippen molar-refractivity contribution in [1.29, 1.82) is 0 Å². The SMILES string of the molecule is C=CCOc1noc2c1CN(C(=O)OC)CC2. The van der Waals surface area contributed by atoms with Gasteiger partial charge in [0.2, 0.25) is 0 Å². The molecule has 1 aromatic rings. The van der Waals surface area contributed by atoms with Crippen LogP contribution in [0.15, 0.2) is 17.2 Å². The van der Waals surface area contributed by atoms with Gasteiger partial charge in [-0.1, -0.05) is 12.7 Å². The fourth-order valence-electron chi connectivity index (χ4n) is 1.72. The molecule has 2 heterocycles. The Kier molecular flexibility index (Phi) is 3.32. The van der Waals surface area contributed by atoms with Crippen LogP contribution in [-0.2, 0) is 17.7 Å². The van der Waals surface area contributed by atoms with Crippen molar-refractivity contribution in [1.82, 2.24) is 10.1 Å². The van der Waals surface area contributed by atoms with E-state index in [9.17, 15) is 4.79 Å². The van der Waals surface area contributed by atoms with Crippen molar-refractivity contribution in [2.75, 3.05) is 20.3 Å². The number of methoxy groups -OCH3 is 1. The number of rotatable bonds is 3. The molecule has 0 fully saturated rings. The lowest BCUT2D eigenvalue weighted by molar-refractivity contribution is 0.116. The molecule has 6 nitrogen and oxygen atoms in total. The molecule has 1 aliphatic rings. The maximum Gasteiger partial charge on any atom is 0.409 e. The van der Waals surface area contributed by atoms with Gasteiger partial charge in [0, 0.05) is 13.0 Å². The molecule has 0 N–H and O–H groups in total. The number of nitrogens with zero attached hydrogens (tertiary/aromatic N) is 2. The molecule has 0 radical (unpaired) electrons. The van der Waals surface area contributed by atoms with Gasteiger partial charge in [-0.2, -0.15) is 0 Å². The van der Waals surface area contributed by atoms with E-state index in [4.69, 9.17) is 9.26 Å². The molecule has 92 valence electrons. The molecule has 1 amide bonds. The third-order valence-electron chi connectivity index (χ3n) is 2.56. The molecule has 0 aromatic carbocycles. The second-order valence-corrected chi connectivity index (χ2v) is 3.63. The average Bonchev–Trinajstić information content (AvgIpc) is 2.77. The van der Waals surface area contributed by atoms with Crippen LogP contribution < -0.4 is 4.74 Å². The molecule has 0 atom stereocenters. The topological polar surface area (TPSA) is 64.8 Å². The van der Waals surface area contributed by atoms with Crippen LogP contribution in [0.4, 0.5) is 4.79 Å². The van der Waals surface area contributed by atoms with E-state index in [-0.39, 0.29) is 6.09 Å². The third kappa shape index (κ3) is 2.25. The summed E-state index contributed by atoms with van der Waals surface area (Å²) in [7, 11) is 1.36. The quantitative estimate of drug-likeness (QED) is 0.744. The number of carbonyl (C=O) groups excluding carboxylic acids is 1. The number of aromatic nitrogens is 1. The van der Waals surface area contributed by atoms with Crippen LogP contribution in [0, 0.1) is 0 Å². The van der Waals surface area contributed by atoms with E-state index < -0.39 is 0 Å². The minimum atomic E-state index is -0.355. The average molecular weight is 238 g/mol. The molecule has 6 heteroatoms. The van der Waals surface area contributed by atoms with Gasteiger partial charge in [-0.15, -0.1) is 0 Å². The fraction of sp³-hybridized carbons (Fsp3) is 0.455. The first-order valence-electron chi connectivity index (χ1n) is 5.30. The van der Waals surface area contributed by atoms with Gasteiger partial charge in [0.05, 0.1) is 19.2 Å². The van der Waals surface area contributed by atoms with E-state index in [1.807, 2.05) is 0 Å². The van der Waals surface area contributed by atoms with Gasteiger partial charge < -0.3 is 18.9 Å². The Bertz CT molecular complexity index is 427. The molecule has 0 unspecified atom stereocenters. The zero-order chi connectivity index (χ0) is 12.3. The van der Waals surface area contributed by atoms with E-state index in [1.54, 1.807) is 11.0 Å². The van der Waals surface area contributed by atoms with Crippen LogP contribution in [0.5, 0.6) is 5.88 Å². The van der Waals surface area contributed by atoms with Crippen molar-refractivity contribution < 1.29 is 18.8 Å². The van der Waals surface area contributed by atoms with Gasteiger partial charge >= 0.3 is 6.09 Å². The van der Waals surface area contributed by atoms with Crippen LogP contribution in [0.2, 0.25) is 0 Å². The van der Waals surface area contributed by atoms with Crippen LogP contribution >= 0.6 is 0 Å². The summed E-state index contributed by atoms with van der Waals surface area (Å²) in [5.41, 5.74) is 0.809. The first-order chi connectivity index (χ1) is 8.26. The minimum absolute atomic E-state index is 0.355. The molecular weight excluding hydrogens is 224 g/mol. The lowest BCUT2D eigenvalue weighted by Gasteiger charge is -2.24. The van der Waals surface area contributed by atoms with E-state index in [0.717, 1.165) is 11.3 Å². The van der Waals surface area contributed by atoms with Crippen molar-refractivity contribution in [2.24, 2.45) is 0 Å². The summed E-state index contributed by atoms with van der Waals surface area (Å²) in [6, 6.07) is 0. The second-order valence-electron chi connectivity index (χ2n) is 3.63. The summed E-state index contributed by atoms with van der Waals surface area (Å²) < 4.78 is 15.2. The largest absolute Gasteiger partial charge is 0.471 e.